The second kappa shape index (κ2) is 20.5. The van der Waals surface area contributed by atoms with Gasteiger partial charge in [-0.3, -0.25) is 0 Å². The highest BCUT2D eigenvalue weighted by atomic mass is 16.7. The lowest BCUT2D eigenvalue weighted by Crippen LogP contribution is -2.62. The van der Waals surface area contributed by atoms with Gasteiger partial charge in [-0.25, -0.2) is 4.79 Å². The minimum Gasteiger partial charge on any atom is -0.490 e. The van der Waals surface area contributed by atoms with Crippen molar-refractivity contribution in [2.24, 2.45) is 35.5 Å². The first-order valence-corrected chi connectivity index (χ1v) is 19.7. The van der Waals surface area contributed by atoms with Crippen LogP contribution in [0.25, 0.3) is 0 Å². The number of rotatable bonds is 10. The van der Waals surface area contributed by atoms with Gasteiger partial charge in [-0.1, -0.05) is 83.9 Å². The molecule has 3 heterocycles. The molecule has 0 radical (unpaired) electrons. The van der Waals surface area contributed by atoms with Gasteiger partial charge in [-0.2, -0.15) is 0 Å². The molecule has 2 fully saturated rings. The van der Waals surface area contributed by atoms with Gasteiger partial charge in [0.2, 0.25) is 5.76 Å². The topological polar surface area (TPSA) is 183 Å². The third kappa shape index (κ3) is 11.5. The van der Waals surface area contributed by atoms with E-state index in [9.17, 15) is 30.3 Å². The maximum atomic E-state index is 13.8. The van der Waals surface area contributed by atoms with Crippen molar-refractivity contribution in [2.45, 2.75) is 155 Å². The average Bonchev–Trinajstić information content (AvgIpc) is 3.13. The van der Waals surface area contributed by atoms with Crippen LogP contribution in [0.5, 0.6) is 0 Å². The summed E-state index contributed by atoms with van der Waals surface area (Å²) < 4.78 is 41.8. The van der Waals surface area contributed by atoms with Crippen molar-refractivity contribution in [1.82, 2.24) is 0 Å². The maximum Gasteiger partial charge on any atom is 0.373 e. The lowest BCUT2D eigenvalue weighted by atomic mass is 9.76. The van der Waals surface area contributed by atoms with Crippen molar-refractivity contribution in [1.29, 1.82) is 0 Å². The van der Waals surface area contributed by atoms with E-state index in [1.807, 2.05) is 66.7 Å². The number of aliphatic hydroxyl groups excluding tert-OH is 4. The Morgan fingerprint density at radius 2 is 1.58 bits per heavy atom. The van der Waals surface area contributed by atoms with E-state index in [0.717, 1.165) is 5.57 Å². The number of aliphatic hydroxyl groups is 5. The predicted molar refractivity (Wildman–Crippen MR) is 206 cm³/mol. The normalized spacial score (nSPS) is 43.2. The number of carbonyl (C=O) groups excluding carboxylic acids is 1. The zero-order valence-electron chi connectivity index (χ0n) is 35.1. The zero-order valence-corrected chi connectivity index (χ0v) is 35.1. The van der Waals surface area contributed by atoms with Gasteiger partial charge in [-0.15, -0.1) is 0 Å². The van der Waals surface area contributed by atoms with Crippen LogP contribution in [0.3, 0.4) is 0 Å². The number of methoxy groups -OCH3 is 3. The van der Waals surface area contributed by atoms with Crippen molar-refractivity contribution in [2.75, 3.05) is 21.3 Å². The van der Waals surface area contributed by atoms with Gasteiger partial charge >= 0.3 is 5.97 Å². The summed E-state index contributed by atoms with van der Waals surface area (Å²) in [5.74, 6) is -5.08. The first kappa shape index (κ1) is 47.2. The molecule has 0 aromatic heterocycles. The molecule has 0 saturated carbocycles. The first-order valence-electron chi connectivity index (χ1n) is 19.7. The lowest BCUT2D eigenvalue weighted by molar-refractivity contribution is -0.362. The van der Waals surface area contributed by atoms with Crippen molar-refractivity contribution >= 4 is 5.97 Å². The van der Waals surface area contributed by atoms with Gasteiger partial charge in [0.1, 0.15) is 30.5 Å². The second-order valence-electron chi connectivity index (χ2n) is 16.6. The lowest BCUT2D eigenvalue weighted by Gasteiger charge is -2.51. The van der Waals surface area contributed by atoms with Gasteiger partial charge in [0, 0.05) is 44.3 Å². The van der Waals surface area contributed by atoms with Gasteiger partial charge in [0.25, 0.3) is 0 Å². The molecule has 0 aliphatic carbocycles. The van der Waals surface area contributed by atoms with Crippen LogP contribution >= 0.6 is 0 Å². The highest BCUT2D eigenvalue weighted by Gasteiger charge is 2.54. The minimum atomic E-state index is -1.92. The Balaban J connectivity index is 2.00. The summed E-state index contributed by atoms with van der Waals surface area (Å²) in [6.07, 6.45) is -0.670. The van der Waals surface area contributed by atoms with E-state index in [2.05, 4.69) is 0 Å². The summed E-state index contributed by atoms with van der Waals surface area (Å²) in [7, 11) is 4.25. The van der Waals surface area contributed by atoms with Crippen molar-refractivity contribution < 1.29 is 63.5 Å². The fourth-order valence-corrected chi connectivity index (χ4v) is 8.23. The summed E-state index contributed by atoms with van der Waals surface area (Å²) >= 11 is 0. The van der Waals surface area contributed by atoms with Gasteiger partial charge < -0.3 is 58.7 Å². The molecule has 0 aromatic rings. The second-order valence-corrected chi connectivity index (χ2v) is 16.6. The molecule has 55 heavy (non-hydrogen) atoms. The Hall–Kier alpha value is -2.17. The van der Waals surface area contributed by atoms with E-state index >= 15 is 0 Å². The molecule has 0 bridgehead atoms. The molecular weight excluding hydrogens is 712 g/mol. The van der Waals surface area contributed by atoms with Gasteiger partial charge in [0.15, 0.2) is 12.1 Å². The fraction of sp³-hybridized carbons (Fsp3) is 0.786. The van der Waals surface area contributed by atoms with Crippen LogP contribution in [0.1, 0.15) is 82.1 Å². The molecular formula is C42H70O13. The quantitative estimate of drug-likeness (QED) is 0.199. The summed E-state index contributed by atoms with van der Waals surface area (Å²) in [6.45, 7) is 18.6. The first-order chi connectivity index (χ1) is 25.7. The van der Waals surface area contributed by atoms with E-state index in [4.69, 9.17) is 33.2 Å². The Morgan fingerprint density at radius 1 is 0.927 bits per heavy atom. The van der Waals surface area contributed by atoms with E-state index in [-0.39, 0.29) is 35.9 Å². The number of esters is 1. The molecule has 3 aliphatic rings. The smallest absolute Gasteiger partial charge is 0.373 e. The number of allylic oxidation sites excluding steroid dienone is 5. The van der Waals surface area contributed by atoms with E-state index < -0.39 is 90.9 Å². The molecule has 3 rings (SSSR count). The molecule has 17 atom stereocenters. The molecule has 5 N–H and O–H groups in total. The maximum absolute atomic E-state index is 13.8. The van der Waals surface area contributed by atoms with Gasteiger partial charge in [-0.05, 0) is 45.1 Å². The molecule has 0 amide bonds. The molecule has 0 spiro atoms. The zero-order chi connectivity index (χ0) is 41.5. The summed E-state index contributed by atoms with van der Waals surface area (Å²) in [6, 6.07) is 0. The fourth-order valence-electron chi connectivity index (χ4n) is 8.23. The third-order valence-electron chi connectivity index (χ3n) is 11.8. The Kier molecular flexibility index (Phi) is 17.6. The average molecular weight is 783 g/mol. The van der Waals surface area contributed by atoms with Crippen molar-refractivity contribution in [3.05, 3.63) is 47.3 Å². The van der Waals surface area contributed by atoms with Gasteiger partial charge in [0.05, 0.1) is 37.6 Å². The van der Waals surface area contributed by atoms with Crippen LogP contribution in [0.15, 0.2) is 47.3 Å². The third-order valence-corrected chi connectivity index (χ3v) is 11.8. The predicted octanol–water partition coefficient (Wildman–Crippen LogP) is 4.20. The Bertz CT molecular complexity index is 1360. The van der Waals surface area contributed by atoms with Crippen LogP contribution < -0.4 is 0 Å². The van der Waals surface area contributed by atoms with Crippen LogP contribution in [0.2, 0.25) is 0 Å². The summed E-state index contributed by atoms with van der Waals surface area (Å²) in [5, 5.41) is 56.6. The molecule has 13 heteroatoms. The monoisotopic (exact) mass is 782 g/mol. The molecule has 3 aliphatic heterocycles. The SMILES string of the molecule is CO/C1=C\C(C)=C\[C@H](C)[C@H](O)[C@H](C)C/C(C)=C\C=C[C@@H](OC)[C@H]([C@H](C)[C@H](O)[C@@H](C)[C@]2(O)C[C@H](O[C@@H]3O[C@@H](C)[C@H](O)[C@@H](O)[C@H]3OC)[C@@H](C)[C@H](C(C)C)O2)OC1=O. The minimum absolute atomic E-state index is 0.0363. The number of hydrogen-bond acceptors (Lipinski definition) is 13. The Labute approximate surface area is 328 Å². The van der Waals surface area contributed by atoms with Crippen LogP contribution in [0.4, 0.5) is 0 Å². The highest BCUT2D eigenvalue weighted by Crippen LogP contribution is 2.43. The van der Waals surface area contributed by atoms with Crippen LogP contribution in [-0.4, -0.2) is 126 Å². The van der Waals surface area contributed by atoms with Crippen LogP contribution in [-0.2, 0) is 38.0 Å². The standard InChI is InChI=1S/C42H70O13/c1-21(2)37-26(7)32(53-41-39(51-13)36(46)35(45)29(10)52-41)20-42(48,55-37)28(9)34(44)27(8)38-30(49-11)16-14-15-22(3)17-24(5)33(43)25(6)18-23(4)19-31(50-12)40(47)54-38/h14-16,18-19,21,24-30,32-39,41,43-46,48H,17,20H2,1-13H3/b16-14?,22-15-,23-18+,31-19-/t24-,25+,26-,27-,28-,29+,30-,32+,33-,34+,35+,36-,37+,38+,39-,41+,42+/m1/s1. The largest absolute Gasteiger partial charge is 0.490 e. The molecule has 13 nitrogen and oxygen atoms in total. The summed E-state index contributed by atoms with van der Waals surface area (Å²) in [4.78, 5) is 13.8. The highest BCUT2D eigenvalue weighted by molar-refractivity contribution is 5.87. The number of cyclic esters (lactones) is 1. The number of ether oxygens (including phenoxy) is 7. The molecule has 0 aromatic carbocycles. The van der Waals surface area contributed by atoms with E-state index in [1.165, 1.54) is 21.3 Å². The molecule has 0 unspecified atom stereocenters. The number of carbonyl (C=O) groups is 1. The molecule has 316 valence electrons. The number of hydrogen-bond donors (Lipinski definition) is 5. The Morgan fingerprint density at radius 3 is 2.16 bits per heavy atom. The van der Waals surface area contributed by atoms with Crippen molar-refractivity contribution in [3.63, 3.8) is 0 Å². The van der Waals surface area contributed by atoms with Crippen molar-refractivity contribution in [3.8, 4) is 0 Å². The van der Waals surface area contributed by atoms with E-state index in [0.29, 0.717) is 12.0 Å². The summed E-state index contributed by atoms with van der Waals surface area (Å²) in [5.41, 5.74) is 1.73. The van der Waals surface area contributed by atoms with Crippen LogP contribution in [0, 0.1) is 35.5 Å². The molecule has 2 saturated heterocycles. The van der Waals surface area contributed by atoms with E-state index in [1.54, 1.807) is 32.9 Å².